The van der Waals surface area contributed by atoms with Crippen molar-refractivity contribution in [1.82, 2.24) is 5.32 Å². The summed E-state index contributed by atoms with van der Waals surface area (Å²) in [7, 11) is 1.50. The summed E-state index contributed by atoms with van der Waals surface area (Å²) < 4.78 is 76.8. The van der Waals surface area contributed by atoms with E-state index in [9.17, 15) is 22.4 Å². The Morgan fingerprint density at radius 3 is 2.42 bits per heavy atom. The van der Waals surface area contributed by atoms with Gasteiger partial charge in [-0.25, -0.2) is 4.39 Å². The number of amides is 1. The molecule has 2 aromatic carbocycles. The minimum Gasteiger partial charge on any atom is -0.371 e. The van der Waals surface area contributed by atoms with Crippen LogP contribution in [0.15, 0.2) is 48.5 Å². The lowest BCUT2D eigenvalue weighted by Gasteiger charge is -2.43. The molecule has 1 aliphatic carbocycles. The van der Waals surface area contributed by atoms with Crippen LogP contribution in [0.1, 0.15) is 43.4 Å². The summed E-state index contributed by atoms with van der Waals surface area (Å²) in [5.74, 6) is -1.72. The van der Waals surface area contributed by atoms with Crippen LogP contribution in [-0.4, -0.2) is 42.7 Å². The number of alkyl halides is 3. The molecule has 10 heteroatoms. The zero-order valence-corrected chi connectivity index (χ0v) is 20.2. The fourth-order valence-corrected chi connectivity index (χ4v) is 4.78. The summed E-state index contributed by atoms with van der Waals surface area (Å²) in [5, 5.41) is 2.64. The van der Waals surface area contributed by atoms with Crippen LogP contribution in [-0.2, 0) is 43.1 Å². The number of nitrogens with one attached hydrogen (secondary N) is 1. The van der Waals surface area contributed by atoms with Crippen LogP contribution < -0.4 is 5.32 Å². The molecule has 36 heavy (non-hydrogen) atoms. The van der Waals surface area contributed by atoms with E-state index in [-0.39, 0.29) is 32.0 Å². The molecule has 196 valence electrons. The Balaban J connectivity index is 1.55. The third-order valence-electron chi connectivity index (χ3n) is 6.44. The molecule has 1 heterocycles. The van der Waals surface area contributed by atoms with E-state index in [0.717, 1.165) is 12.1 Å². The van der Waals surface area contributed by atoms with Crippen LogP contribution >= 0.6 is 0 Å². The van der Waals surface area contributed by atoms with Crippen LogP contribution in [0.5, 0.6) is 0 Å². The van der Waals surface area contributed by atoms with Crippen molar-refractivity contribution in [3.63, 3.8) is 0 Å². The first kappa shape index (κ1) is 26.5. The second-order valence-electron chi connectivity index (χ2n) is 9.58. The van der Waals surface area contributed by atoms with Gasteiger partial charge in [0, 0.05) is 19.9 Å². The summed E-state index contributed by atoms with van der Waals surface area (Å²) in [5.41, 5.74) is -1.000. The molecule has 0 aromatic heterocycles. The average Bonchev–Trinajstić information content (AvgIpc) is 3.14. The van der Waals surface area contributed by atoms with Crippen LogP contribution in [0, 0.1) is 5.82 Å². The Kier molecular flexibility index (Phi) is 7.43. The first-order valence-corrected chi connectivity index (χ1v) is 11.6. The van der Waals surface area contributed by atoms with Gasteiger partial charge in [-0.1, -0.05) is 24.3 Å². The molecule has 1 N–H and O–H groups in total. The monoisotopic (exact) mass is 511 g/mol. The van der Waals surface area contributed by atoms with Crippen LogP contribution in [0.4, 0.5) is 17.6 Å². The summed E-state index contributed by atoms with van der Waals surface area (Å²) in [6.45, 7) is 3.50. The third kappa shape index (κ3) is 5.88. The zero-order chi connectivity index (χ0) is 26.1. The number of carbonyl (C=O) groups is 1. The highest BCUT2D eigenvalue weighted by molar-refractivity contribution is 5.85. The number of rotatable bonds is 7. The normalized spacial score (nSPS) is 27.5. The van der Waals surface area contributed by atoms with Crippen molar-refractivity contribution in [3.05, 3.63) is 71.0 Å². The van der Waals surface area contributed by atoms with Gasteiger partial charge < -0.3 is 24.3 Å². The molecule has 1 amide bonds. The van der Waals surface area contributed by atoms with Crippen molar-refractivity contribution in [1.29, 1.82) is 0 Å². The lowest BCUT2D eigenvalue weighted by Crippen LogP contribution is -2.59. The number of fused-ring (bicyclic) bond motifs is 1. The number of likely N-dealkylation sites (N-methyl/N-ethyl adjacent to an activating group) is 1. The van der Waals surface area contributed by atoms with Gasteiger partial charge in [0.25, 0.3) is 5.91 Å². The van der Waals surface area contributed by atoms with Gasteiger partial charge in [-0.3, -0.25) is 4.79 Å². The molecule has 2 aromatic rings. The highest BCUT2D eigenvalue weighted by Crippen LogP contribution is 2.44. The molecule has 1 saturated heterocycles. The van der Waals surface area contributed by atoms with Gasteiger partial charge in [-0.05, 0) is 49.2 Å². The smallest absolute Gasteiger partial charge is 0.371 e. The van der Waals surface area contributed by atoms with Gasteiger partial charge in [0.15, 0.2) is 11.4 Å². The van der Waals surface area contributed by atoms with E-state index in [1.807, 2.05) is 0 Å². The SMILES string of the molecule is CNC(=O)[C@@]1(OCc2cccc(F)c2)C[C@@H](OCc2ccc(C(F)(F)F)cc2)[C@@H]2OC(C)(C)O[C@@H]2C1. The number of benzene rings is 2. The van der Waals surface area contributed by atoms with Gasteiger partial charge in [0.2, 0.25) is 0 Å². The number of hydrogen-bond acceptors (Lipinski definition) is 5. The highest BCUT2D eigenvalue weighted by Gasteiger charge is 2.57. The fourth-order valence-electron chi connectivity index (χ4n) is 4.78. The highest BCUT2D eigenvalue weighted by atomic mass is 19.4. The van der Waals surface area contributed by atoms with E-state index in [1.54, 1.807) is 26.0 Å². The lowest BCUT2D eigenvalue weighted by molar-refractivity contribution is -0.183. The Hall–Kier alpha value is -2.53. The maximum atomic E-state index is 13.7. The van der Waals surface area contributed by atoms with E-state index in [0.29, 0.717) is 11.1 Å². The predicted octanol–water partition coefficient (Wildman–Crippen LogP) is 4.75. The molecule has 0 bridgehead atoms. The molecule has 4 rings (SSSR count). The van der Waals surface area contributed by atoms with Gasteiger partial charge >= 0.3 is 6.18 Å². The van der Waals surface area contributed by atoms with Gasteiger partial charge in [0.1, 0.15) is 11.9 Å². The van der Waals surface area contributed by atoms with Crippen LogP contribution in [0.3, 0.4) is 0 Å². The molecule has 2 aliphatic rings. The van der Waals surface area contributed by atoms with E-state index in [1.165, 1.54) is 31.3 Å². The molecule has 1 aliphatic heterocycles. The quantitative estimate of drug-likeness (QED) is 0.544. The molecule has 1 saturated carbocycles. The van der Waals surface area contributed by atoms with Gasteiger partial charge in [-0.15, -0.1) is 0 Å². The molecule has 4 atom stereocenters. The average molecular weight is 512 g/mol. The molecular formula is C26H29F4NO5. The van der Waals surface area contributed by atoms with Gasteiger partial charge in [0.05, 0.1) is 31.0 Å². The van der Waals surface area contributed by atoms with E-state index in [4.69, 9.17) is 18.9 Å². The van der Waals surface area contributed by atoms with Crippen molar-refractivity contribution in [2.24, 2.45) is 0 Å². The fraction of sp³-hybridized carbons (Fsp3) is 0.500. The molecular weight excluding hydrogens is 482 g/mol. The molecule has 2 fully saturated rings. The molecule has 0 radical (unpaired) electrons. The number of halogens is 4. The summed E-state index contributed by atoms with van der Waals surface area (Å²) >= 11 is 0. The Labute approximate surface area is 206 Å². The second-order valence-corrected chi connectivity index (χ2v) is 9.58. The minimum absolute atomic E-state index is 0.00350. The Morgan fingerprint density at radius 1 is 1.06 bits per heavy atom. The topological polar surface area (TPSA) is 66.0 Å². The van der Waals surface area contributed by atoms with Crippen LogP contribution in [0.2, 0.25) is 0 Å². The Bertz CT molecular complexity index is 1070. The summed E-state index contributed by atoms with van der Waals surface area (Å²) in [6, 6.07) is 10.6. The van der Waals surface area contributed by atoms with E-state index >= 15 is 0 Å². The second kappa shape index (κ2) is 10.1. The predicted molar refractivity (Wildman–Crippen MR) is 121 cm³/mol. The maximum Gasteiger partial charge on any atom is 0.416 e. The maximum absolute atomic E-state index is 13.7. The minimum atomic E-state index is -4.43. The molecule has 6 nitrogen and oxygen atoms in total. The van der Waals surface area contributed by atoms with Crippen molar-refractivity contribution in [3.8, 4) is 0 Å². The van der Waals surface area contributed by atoms with Crippen molar-refractivity contribution in [2.75, 3.05) is 7.05 Å². The van der Waals surface area contributed by atoms with Crippen LogP contribution in [0.25, 0.3) is 0 Å². The summed E-state index contributed by atoms with van der Waals surface area (Å²) in [4.78, 5) is 13.1. The number of hydrogen-bond donors (Lipinski definition) is 1. The Morgan fingerprint density at radius 2 is 1.78 bits per heavy atom. The first-order chi connectivity index (χ1) is 16.9. The van der Waals surface area contributed by atoms with E-state index in [2.05, 4.69) is 5.32 Å². The first-order valence-electron chi connectivity index (χ1n) is 11.6. The zero-order valence-electron chi connectivity index (χ0n) is 20.2. The van der Waals surface area contributed by atoms with E-state index < -0.39 is 47.3 Å². The van der Waals surface area contributed by atoms with Crippen molar-refractivity contribution >= 4 is 5.91 Å². The standard InChI is InChI=1S/C26H29F4NO5/c1-24(2)35-21-13-25(23(32)31-3,34-15-17-5-4-6-19(27)11-17)12-20(22(21)36-24)33-14-16-7-9-18(10-8-16)26(28,29)30/h4-11,20-22H,12-15H2,1-3H3,(H,31,32)/t20-,21-,22+,25-/m1/s1. The lowest BCUT2D eigenvalue weighted by atomic mass is 9.78. The number of carbonyl (C=O) groups excluding carboxylic acids is 1. The largest absolute Gasteiger partial charge is 0.416 e. The van der Waals surface area contributed by atoms with Crippen molar-refractivity contribution < 1.29 is 41.3 Å². The molecule has 0 unspecified atom stereocenters. The number of ether oxygens (including phenoxy) is 4. The van der Waals surface area contributed by atoms with Crippen molar-refractivity contribution in [2.45, 2.75) is 75.8 Å². The third-order valence-corrected chi connectivity index (χ3v) is 6.44. The summed E-state index contributed by atoms with van der Waals surface area (Å²) in [6.07, 6.45) is -5.82. The van der Waals surface area contributed by atoms with Gasteiger partial charge in [-0.2, -0.15) is 13.2 Å². The molecule has 0 spiro atoms.